The Labute approximate surface area is 135 Å². The predicted molar refractivity (Wildman–Crippen MR) is 89.4 cm³/mol. The molecule has 0 aliphatic heterocycles. The van der Waals surface area contributed by atoms with E-state index in [1.807, 2.05) is 18.2 Å². The molecule has 0 spiro atoms. The zero-order chi connectivity index (χ0) is 15.4. The number of carbonyl (C=O) groups excluding carboxylic acids is 1. The van der Waals surface area contributed by atoms with E-state index in [2.05, 4.69) is 22.4 Å². The molecular formula is C17H21N3OS. The van der Waals surface area contributed by atoms with Gasteiger partial charge in [-0.05, 0) is 12.8 Å². The molecule has 0 atom stereocenters. The summed E-state index contributed by atoms with van der Waals surface area (Å²) < 4.78 is 0. The summed E-state index contributed by atoms with van der Waals surface area (Å²) in [6, 6.07) is 10.7. The minimum Gasteiger partial charge on any atom is -0.369 e. The Bertz CT molecular complexity index is 620. The van der Waals surface area contributed by atoms with Crippen molar-refractivity contribution in [1.29, 1.82) is 0 Å². The number of amides is 1. The van der Waals surface area contributed by atoms with E-state index in [1.165, 1.54) is 12.8 Å². The molecule has 0 unspecified atom stereocenters. The summed E-state index contributed by atoms with van der Waals surface area (Å²) in [5, 5.41) is 3.12. The van der Waals surface area contributed by atoms with Crippen LogP contribution in [-0.2, 0) is 11.3 Å². The van der Waals surface area contributed by atoms with Crippen molar-refractivity contribution in [1.82, 2.24) is 9.88 Å². The summed E-state index contributed by atoms with van der Waals surface area (Å²) >= 11 is 1.65. The molecule has 1 aromatic carbocycles. The highest BCUT2D eigenvalue weighted by molar-refractivity contribution is 7.13. The standard InChI is InChI=1S/C17H21N3OS/c18-16(21)11-20(15-8-4-5-9-15)10-14-12-22-17(19-14)13-6-2-1-3-7-13/h1-3,6-7,12,15H,4-5,8-11H2,(H2,18,21). The molecule has 1 fully saturated rings. The lowest BCUT2D eigenvalue weighted by Gasteiger charge is -2.26. The molecule has 0 radical (unpaired) electrons. The van der Waals surface area contributed by atoms with Crippen LogP contribution in [0.2, 0.25) is 0 Å². The van der Waals surface area contributed by atoms with E-state index in [9.17, 15) is 4.79 Å². The molecule has 0 bridgehead atoms. The van der Waals surface area contributed by atoms with Crippen molar-refractivity contribution in [3.63, 3.8) is 0 Å². The largest absolute Gasteiger partial charge is 0.369 e. The van der Waals surface area contributed by atoms with Crippen molar-refractivity contribution in [3.8, 4) is 10.6 Å². The summed E-state index contributed by atoms with van der Waals surface area (Å²) in [5.74, 6) is -0.259. The van der Waals surface area contributed by atoms with Crippen molar-refractivity contribution in [2.24, 2.45) is 5.73 Å². The molecule has 1 aliphatic carbocycles. The molecule has 1 aromatic heterocycles. The molecule has 2 N–H and O–H groups in total. The zero-order valence-corrected chi connectivity index (χ0v) is 13.4. The fourth-order valence-corrected chi connectivity index (χ4v) is 3.90. The first kappa shape index (κ1) is 15.2. The Kier molecular flexibility index (Phi) is 4.85. The maximum absolute atomic E-state index is 11.3. The minimum atomic E-state index is -0.259. The lowest BCUT2D eigenvalue weighted by atomic mass is 10.2. The molecule has 1 saturated carbocycles. The monoisotopic (exact) mass is 315 g/mol. The van der Waals surface area contributed by atoms with Crippen molar-refractivity contribution in [3.05, 3.63) is 41.4 Å². The van der Waals surface area contributed by atoms with Gasteiger partial charge < -0.3 is 5.73 Å². The van der Waals surface area contributed by atoms with Crippen LogP contribution in [0.1, 0.15) is 31.4 Å². The van der Waals surface area contributed by atoms with Gasteiger partial charge >= 0.3 is 0 Å². The topological polar surface area (TPSA) is 59.2 Å². The highest BCUT2D eigenvalue weighted by Gasteiger charge is 2.24. The van der Waals surface area contributed by atoms with Crippen LogP contribution < -0.4 is 5.73 Å². The first-order valence-electron chi connectivity index (χ1n) is 7.74. The van der Waals surface area contributed by atoms with Gasteiger partial charge in [0.15, 0.2) is 0 Å². The normalized spacial score (nSPS) is 15.5. The number of nitrogens with zero attached hydrogens (tertiary/aromatic N) is 2. The van der Waals surface area contributed by atoms with Gasteiger partial charge in [-0.3, -0.25) is 9.69 Å². The molecule has 0 saturated heterocycles. The second-order valence-electron chi connectivity index (χ2n) is 5.82. The quantitative estimate of drug-likeness (QED) is 0.891. The van der Waals surface area contributed by atoms with Gasteiger partial charge in [-0.2, -0.15) is 0 Å². The van der Waals surface area contributed by atoms with Crippen LogP contribution >= 0.6 is 11.3 Å². The van der Waals surface area contributed by atoms with Gasteiger partial charge in [0.1, 0.15) is 5.01 Å². The minimum absolute atomic E-state index is 0.259. The number of carbonyl (C=O) groups is 1. The van der Waals surface area contributed by atoms with E-state index in [1.54, 1.807) is 11.3 Å². The lowest BCUT2D eigenvalue weighted by Crippen LogP contribution is -2.39. The Morgan fingerprint density at radius 2 is 2.00 bits per heavy atom. The van der Waals surface area contributed by atoms with E-state index in [0.717, 1.165) is 29.1 Å². The van der Waals surface area contributed by atoms with Crippen molar-refractivity contribution < 1.29 is 4.79 Å². The van der Waals surface area contributed by atoms with Crippen LogP contribution in [0.3, 0.4) is 0 Å². The molecule has 1 amide bonds. The summed E-state index contributed by atoms with van der Waals surface area (Å²) in [4.78, 5) is 18.3. The van der Waals surface area contributed by atoms with Crippen molar-refractivity contribution >= 4 is 17.2 Å². The van der Waals surface area contributed by atoms with Crippen molar-refractivity contribution in [2.45, 2.75) is 38.3 Å². The van der Waals surface area contributed by atoms with Gasteiger partial charge in [-0.25, -0.2) is 4.98 Å². The van der Waals surface area contributed by atoms with Crippen LogP contribution in [-0.4, -0.2) is 28.4 Å². The van der Waals surface area contributed by atoms with E-state index in [0.29, 0.717) is 19.1 Å². The number of benzene rings is 1. The number of thiazole rings is 1. The first-order chi connectivity index (χ1) is 10.7. The SMILES string of the molecule is NC(=O)CN(Cc1csc(-c2ccccc2)n1)C1CCCC1. The van der Waals surface area contributed by atoms with Gasteiger partial charge in [-0.15, -0.1) is 11.3 Å². The first-order valence-corrected chi connectivity index (χ1v) is 8.62. The molecule has 5 heteroatoms. The molecule has 22 heavy (non-hydrogen) atoms. The molecule has 116 valence electrons. The van der Waals surface area contributed by atoms with Gasteiger partial charge in [0.25, 0.3) is 0 Å². The van der Waals surface area contributed by atoms with E-state index in [4.69, 9.17) is 10.7 Å². The molecule has 2 aromatic rings. The number of nitrogens with two attached hydrogens (primary N) is 1. The zero-order valence-electron chi connectivity index (χ0n) is 12.6. The average Bonchev–Trinajstić information content (AvgIpc) is 3.19. The lowest BCUT2D eigenvalue weighted by molar-refractivity contribution is -0.119. The summed E-state index contributed by atoms with van der Waals surface area (Å²) in [6.07, 6.45) is 4.80. The van der Waals surface area contributed by atoms with Gasteiger partial charge in [-0.1, -0.05) is 43.2 Å². The third-order valence-electron chi connectivity index (χ3n) is 4.14. The van der Waals surface area contributed by atoms with E-state index < -0.39 is 0 Å². The summed E-state index contributed by atoms with van der Waals surface area (Å²) in [6.45, 7) is 1.03. The molecule has 1 aliphatic rings. The highest BCUT2D eigenvalue weighted by atomic mass is 32.1. The van der Waals surface area contributed by atoms with E-state index >= 15 is 0 Å². The van der Waals surface area contributed by atoms with Gasteiger partial charge in [0.05, 0.1) is 12.2 Å². The molecule has 3 rings (SSSR count). The number of aromatic nitrogens is 1. The average molecular weight is 315 g/mol. The molecular weight excluding hydrogens is 294 g/mol. The Morgan fingerprint density at radius 3 is 2.68 bits per heavy atom. The number of rotatable bonds is 6. The maximum atomic E-state index is 11.3. The smallest absolute Gasteiger partial charge is 0.231 e. The molecule has 1 heterocycles. The van der Waals surface area contributed by atoms with Gasteiger partial charge in [0, 0.05) is 23.5 Å². The Hall–Kier alpha value is -1.72. The Morgan fingerprint density at radius 1 is 1.27 bits per heavy atom. The number of hydrogen-bond acceptors (Lipinski definition) is 4. The van der Waals surface area contributed by atoms with Crippen LogP contribution in [0.15, 0.2) is 35.7 Å². The summed E-state index contributed by atoms with van der Waals surface area (Å²) in [7, 11) is 0. The molecule has 4 nitrogen and oxygen atoms in total. The maximum Gasteiger partial charge on any atom is 0.231 e. The number of primary amides is 1. The second kappa shape index (κ2) is 7.03. The third kappa shape index (κ3) is 3.72. The fraction of sp³-hybridized carbons (Fsp3) is 0.412. The highest BCUT2D eigenvalue weighted by Crippen LogP contribution is 2.27. The van der Waals surface area contributed by atoms with Gasteiger partial charge in [0.2, 0.25) is 5.91 Å². The Balaban J connectivity index is 1.72. The second-order valence-corrected chi connectivity index (χ2v) is 6.68. The van der Waals surface area contributed by atoms with Crippen LogP contribution in [0.25, 0.3) is 10.6 Å². The van der Waals surface area contributed by atoms with Crippen LogP contribution in [0, 0.1) is 0 Å². The fourth-order valence-electron chi connectivity index (χ4n) is 3.08. The van der Waals surface area contributed by atoms with Crippen LogP contribution in [0.5, 0.6) is 0 Å². The van der Waals surface area contributed by atoms with E-state index in [-0.39, 0.29) is 5.91 Å². The van der Waals surface area contributed by atoms with Crippen LogP contribution in [0.4, 0.5) is 0 Å². The van der Waals surface area contributed by atoms with Crippen molar-refractivity contribution in [2.75, 3.05) is 6.54 Å². The number of hydrogen-bond donors (Lipinski definition) is 1. The predicted octanol–water partition coefficient (Wildman–Crippen LogP) is 3.04. The summed E-state index contributed by atoms with van der Waals surface area (Å²) in [5.41, 5.74) is 7.58. The third-order valence-corrected chi connectivity index (χ3v) is 5.08.